The summed E-state index contributed by atoms with van der Waals surface area (Å²) in [5.74, 6) is 1.61. The molecule has 0 unspecified atom stereocenters. The van der Waals surface area contributed by atoms with Gasteiger partial charge < -0.3 is 19.4 Å². The third-order valence-electron chi connectivity index (χ3n) is 2.87. The van der Waals surface area contributed by atoms with Crippen LogP contribution in [0.3, 0.4) is 0 Å². The molecule has 0 aliphatic heterocycles. The third kappa shape index (κ3) is 3.96. The summed E-state index contributed by atoms with van der Waals surface area (Å²) in [6, 6.07) is 3.78. The molecular formula is C14H20N4O2. The first-order chi connectivity index (χ1) is 9.83. The fourth-order valence-electron chi connectivity index (χ4n) is 1.78. The molecule has 0 atom stereocenters. The molecule has 2 heterocycles. The third-order valence-corrected chi connectivity index (χ3v) is 2.87. The molecule has 0 bridgehead atoms. The van der Waals surface area contributed by atoms with Crippen LogP contribution in [0.4, 0.5) is 5.69 Å². The lowest BCUT2D eigenvalue weighted by Crippen LogP contribution is -2.08. The number of pyridine rings is 1. The van der Waals surface area contributed by atoms with Crippen LogP contribution in [-0.2, 0) is 17.8 Å². The Morgan fingerprint density at radius 2 is 2.15 bits per heavy atom. The van der Waals surface area contributed by atoms with Crippen LogP contribution in [0, 0.1) is 0 Å². The predicted molar refractivity (Wildman–Crippen MR) is 76.8 cm³/mol. The number of nitrogens with one attached hydrogen (secondary N) is 1. The van der Waals surface area contributed by atoms with Gasteiger partial charge in [0.25, 0.3) is 0 Å². The highest BCUT2D eigenvalue weighted by atomic mass is 16.5. The van der Waals surface area contributed by atoms with E-state index >= 15 is 0 Å². The van der Waals surface area contributed by atoms with Crippen molar-refractivity contribution in [2.75, 3.05) is 25.6 Å². The fraction of sp³-hybridized carbons (Fsp3) is 0.429. The lowest BCUT2D eigenvalue weighted by atomic mass is 10.4. The minimum atomic E-state index is 0.504. The summed E-state index contributed by atoms with van der Waals surface area (Å²) < 4.78 is 12.4. The first-order valence-corrected chi connectivity index (χ1v) is 6.65. The Balaban J connectivity index is 1.84. The van der Waals surface area contributed by atoms with E-state index in [0.29, 0.717) is 25.6 Å². The maximum Gasteiger partial charge on any atom is 0.213 e. The summed E-state index contributed by atoms with van der Waals surface area (Å²) in [6.45, 7) is 4.75. The summed E-state index contributed by atoms with van der Waals surface area (Å²) in [5.41, 5.74) is 0.940. The van der Waals surface area contributed by atoms with Gasteiger partial charge in [0, 0.05) is 32.1 Å². The van der Waals surface area contributed by atoms with Crippen molar-refractivity contribution in [1.29, 1.82) is 0 Å². The molecular weight excluding hydrogens is 256 g/mol. The Morgan fingerprint density at radius 1 is 1.25 bits per heavy atom. The molecule has 0 spiro atoms. The number of rotatable bonds is 8. The van der Waals surface area contributed by atoms with E-state index in [-0.39, 0.29) is 0 Å². The van der Waals surface area contributed by atoms with Crippen molar-refractivity contribution in [1.82, 2.24) is 14.5 Å². The van der Waals surface area contributed by atoms with Gasteiger partial charge in [-0.3, -0.25) is 0 Å². The van der Waals surface area contributed by atoms with Gasteiger partial charge in [0.05, 0.1) is 25.0 Å². The van der Waals surface area contributed by atoms with Crippen molar-refractivity contribution in [2.24, 2.45) is 0 Å². The van der Waals surface area contributed by atoms with Crippen LogP contribution in [0.15, 0.2) is 30.7 Å². The van der Waals surface area contributed by atoms with Crippen molar-refractivity contribution in [3.05, 3.63) is 36.5 Å². The van der Waals surface area contributed by atoms with Crippen LogP contribution in [0.25, 0.3) is 0 Å². The van der Waals surface area contributed by atoms with E-state index < -0.39 is 0 Å². The van der Waals surface area contributed by atoms with Gasteiger partial charge in [0.2, 0.25) is 5.88 Å². The van der Waals surface area contributed by atoms with E-state index in [9.17, 15) is 0 Å². The number of aryl methyl sites for hydroxylation is 1. The highest BCUT2D eigenvalue weighted by Gasteiger charge is 2.01. The number of aromatic nitrogens is 3. The quantitative estimate of drug-likeness (QED) is 0.747. The Hall–Kier alpha value is -2.08. The Labute approximate surface area is 118 Å². The Morgan fingerprint density at radius 3 is 2.85 bits per heavy atom. The van der Waals surface area contributed by atoms with Gasteiger partial charge in [-0.05, 0) is 13.0 Å². The lowest BCUT2D eigenvalue weighted by molar-refractivity contribution is 0.144. The zero-order chi connectivity index (χ0) is 14.2. The molecule has 0 amide bonds. The normalized spacial score (nSPS) is 10.5. The lowest BCUT2D eigenvalue weighted by Gasteiger charge is -2.09. The minimum absolute atomic E-state index is 0.504. The Bertz CT molecular complexity index is 510. The molecule has 20 heavy (non-hydrogen) atoms. The second-order valence-electron chi connectivity index (χ2n) is 4.21. The highest BCUT2D eigenvalue weighted by molar-refractivity contribution is 5.42. The van der Waals surface area contributed by atoms with Gasteiger partial charge in [-0.2, -0.15) is 0 Å². The molecule has 2 aromatic heterocycles. The van der Waals surface area contributed by atoms with Crippen molar-refractivity contribution < 1.29 is 9.47 Å². The van der Waals surface area contributed by atoms with Crippen LogP contribution in [0.5, 0.6) is 5.88 Å². The maximum absolute atomic E-state index is 5.41. The van der Waals surface area contributed by atoms with Crippen molar-refractivity contribution in [3.63, 3.8) is 0 Å². The number of nitrogens with zero attached hydrogens (tertiary/aromatic N) is 3. The maximum atomic E-state index is 5.41. The molecule has 2 rings (SSSR count). The van der Waals surface area contributed by atoms with E-state index in [4.69, 9.17) is 9.47 Å². The number of methoxy groups -OCH3 is 1. The smallest absolute Gasteiger partial charge is 0.213 e. The first kappa shape index (κ1) is 14.3. The van der Waals surface area contributed by atoms with Gasteiger partial charge in [-0.1, -0.05) is 0 Å². The molecule has 6 nitrogen and oxygen atoms in total. The van der Waals surface area contributed by atoms with Crippen LogP contribution in [-0.4, -0.2) is 34.9 Å². The molecule has 0 saturated heterocycles. The predicted octanol–water partition coefficient (Wildman–Crippen LogP) is 1.94. The molecule has 1 N–H and O–H groups in total. The Kier molecular flexibility index (Phi) is 5.37. The van der Waals surface area contributed by atoms with Crippen LogP contribution in [0.1, 0.15) is 12.7 Å². The summed E-state index contributed by atoms with van der Waals surface area (Å²) in [5, 5.41) is 3.29. The zero-order valence-electron chi connectivity index (χ0n) is 11.9. The van der Waals surface area contributed by atoms with Crippen molar-refractivity contribution in [3.8, 4) is 5.88 Å². The molecule has 0 aliphatic carbocycles. The van der Waals surface area contributed by atoms with E-state index in [0.717, 1.165) is 18.1 Å². The molecule has 108 valence electrons. The minimum Gasteiger partial charge on any atom is -0.475 e. The molecule has 0 aromatic carbocycles. The van der Waals surface area contributed by atoms with Crippen molar-refractivity contribution in [2.45, 2.75) is 20.0 Å². The van der Waals surface area contributed by atoms with Gasteiger partial charge in [-0.15, -0.1) is 0 Å². The zero-order valence-corrected chi connectivity index (χ0v) is 11.9. The molecule has 0 saturated carbocycles. The van der Waals surface area contributed by atoms with Crippen LogP contribution in [0.2, 0.25) is 0 Å². The average molecular weight is 276 g/mol. The molecule has 2 aromatic rings. The fourth-order valence-corrected chi connectivity index (χ4v) is 1.78. The molecule has 0 fully saturated rings. The highest BCUT2D eigenvalue weighted by Crippen LogP contribution is 2.12. The number of hydrogen-bond acceptors (Lipinski definition) is 5. The van der Waals surface area contributed by atoms with Gasteiger partial charge in [0.15, 0.2) is 0 Å². The van der Waals surface area contributed by atoms with Crippen molar-refractivity contribution >= 4 is 5.69 Å². The van der Waals surface area contributed by atoms with E-state index in [1.165, 1.54) is 0 Å². The SMILES string of the molecule is CCn1ccnc1CNc1ccc(OCCOC)nc1. The monoisotopic (exact) mass is 276 g/mol. The molecule has 0 aliphatic rings. The summed E-state index contributed by atoms with van der Waals surface area (Å²) in [7, 11) is 1.64. The van der Waals surface area contributed by atoms with Crippen LogP contribution >= 0.6 is 0 Å². The standard InChI is InChI=1S/C14H20N4O2/c1-3-18-7-6-15-13(18)11-16-12-4-5-14(17-10-12)20-9-8-19-2/h4-7,10,16H,3,8-9,11H2,1-2H3. The van der Waals surface area contributed by atoms with Gasteiger partial charge >= 0.3 is 0 Å². The van der Waals surface area contributed by atoms with Gasteiger partial charge in [-0.25, -0.2) is 9.97 Å². The van der Waals surface area contributed by atoms with Gasteiger partial charge in [0.1, 0.15) is 12.4 Å². The van der Waals surface area contributed by atoms with E-state index in [1.807, 2.05) is 24.5 Å². The summed E-state index contributed by atoms with van der Waals surface area (Å²) >= 11 is 0. The second kappa shape index (κ2) is 7.49. The first-order valence-electron chi connectivity index (χ1n) is 6.65. The van der Waals surface area contributed by atoms with E-state index in [1.54, 1.807) is 13.3 Å². The van der Waals surface area contributed by atoms with E-state index in [2.05, 4.69) is 26.8 Å². The molecule has 0 radical (unpaired) electrons. The second-order valence-corrected chi connectivity index (χ2v) is 4.21. The van der Waals surface area contributed by atoms with Crippen LogP contribution < -0.4 is 10.1 Å². The largest absolute Gasteiger partial charge is 0.475 e. The number of imidazole rings is 1. The summed E-state index contributed by atoms with van der Waals surface area (Å²) in [6.07, 6.45) is 5.54. The summed E-state index contributed by atoms with van der Waals surface area (Å²) in [4.78, 5) is 8.54. The number of ether oxygens (including phenoxy) is 2. The topological polar surface area (TPSA) is 61.2 Å². The average Bonchev–Trinajstić information content (AvgIpc) is 2.94. The molecule has 6 heteroatoms. The number of hydrogen-bond donors (Lipinski definition) is 1. The number of anilines is 1.